The summed E-state index contributed by atoms with van der Waals surface area (Å²) in [6, 6.07) is 2.24. The second-order valence-electron chi connectivity index (χ2n) is 3.17. The molecule has 0 heterocycles. The van der Waals surface area contributed by atoms with E-state index in [4.69, 9.17) is 5.26 Å². The average molecular weight is 152 g/mol. The van der Waals surface area contributed by atoms with Crippen LogP contribution in [0.3, 0.4) is 0 Å². The molecule has 2 heteroatoms. The molecule has 0 atom stereocenters. The topological polar surface area (TPSA) is 27.0 Å². The van der Waals surface area contributed by atoms with Crippen molar-refractivity contribution >= 4 is 0 Å². The number of hydrogen-bond acceptors (Lipinski definition) is 2. The van der Waals surface area contributed by atoms with Crippen molar-refractivity contribution in [3.8, 4) is 6.07 Å². The summed E-state index contributed by atoms with van der Waals surface area (Å²) in [5.41, 5.74) is -0.358. The molecular formula is C9H16N2. The Hall–Kier alpha value is -0.810. The number of nitrogens with zero attached hydrogens (tertiary/aromatic N) is 2. The number of hydrogen-bond donors (Lipinski definition) is 0. The zero-order valence-electron chi connectivity index (χ0n) is 7.59. The van der Waals surface area contributed by atoms with Crippen molar-refractivity contribution in [2.24, 2.45) is 0 Å². The standard InChI is InChI=1S/C9H16N2/c1-5-6-7-11(4)9(2,3)8-10/h5H,1,6-7H2,2-4H3. The molecule has 2 nitrogen and oxygen atoms in total. The van der Waals surface area contributed by atoms with Crippen LogP contribution in [0.2, 0.25) is 0 Å². The van der Waals surface area contributed by atoms with Gasteiger partial charge in [0.15, 0.2) is 0 Å². The van der Waals surface area contributed by atoms with Gasteiger partial charge in [0.25, 0.3) is 0 Å². The molecule has 0 saturated carbocycles. The van der Waals surface area contributed by atoms with E-state index in [9.17, 15) is 0 Å². The van der Waals surface area contributed by atoms with Crippen molar-refractivity contribution in [3.05, 3.63) is 12.7 Å². The Balaban J connectivity index is 3.93. The Kier molecular flexibility index (Phi) is 3.84. The van der Waals surface area contributed by atoms with E-state index < -0.39 is 0 Å². The lowest BCUT2D eigenvalue weighted by Gasteiger charge is -2.28. The van der Waals surface area contributed by atoms with E-state index in [1.165, 1.54) is 0 Å². The van der Waals surface area contributed by atoms with Gasteiger partial charge in [-0.2, -0.15) is 5.26 Å². The minimum Gasteiger partial charge on any atom is -0.289 e. The molecule has 0 aliphatic carbocycles. The largest absolute Gasteiger partial charge is 0.289 e. The van der Waals surface area contributed by atoms with Gasteiger partial charge in [-0.05, 0) is 27.3 Å². The van der Waals surface area contributed by atoms with E-state index in [1.807, 2.05) is 31.9 Å². The summed E-state index contributed by atoms with van der Waals surface area (Å²) in [6.45, 7) is 8.35. The molecule has 0 spiro atoms. The maximum atomic E-state index is 8.75. The molecule has 0 bridgehead atoms. The van der Waals surface area contributed by atoms with Crippen LogP contribution in [0.4, 0.5) is 0 Å². The normalized spacial score (nSPS) is 11.2. The molecule has 0 N–H and O–H groups in total. The second kappa shape index (κ2) is 4.15. The van der Waals surface area contributed by atoms with Crippen molar-refractivity contribution in [2.45, 2.75) is 25.8 Å². The van der Waals surface area contributed by atoms with Gasteiger partial charge < -0.3 is 0 Å². The number of rotatable bonds is 4. The fraction of sp³-hybridized carbons (Fsp3) is 0.667. The molecule has 0 aliphatic rings. The van der Waals surface area contributed by atoms with Crippen LogP contribution in [0, 0.1) is 11.3 Å². The summed E-state index contributed by atoms with van der Waals surface area (Å²) in [4.78, 5) is 2.02. The zero-order valence-corrected chi connectivity index (χ0v) is 7.59. The highest BCUT2D eigenvalue weighted by Crippen LogP contribution is 2.10. The lowest BCUT2D eigenvalue weighted by atomic mass is 10.1. The van der Waals surface area contributed by atoms with Gasteiger partial charge in [0, 0.05) is 6.54 Å². The summed E-state index contributed by atoms with van der Waals surface area (Å²) >= 11 is 0. The monoisotopic (exact) mass is 152 g/mol. The first-order chi connectivity index (χ1) is 5.04. The predicted molar refractivity (Wildman–Crippen MR) is 47.1 cm³/mol. The van der Waals surface area contributed by atoms with Gasteiger partial charge in [-0.15, -0.1) is 6.58 Å². The smallest absolute Gasteiger partial charge is 0.103 e. The second-order valence-corrected chi connectivity index (χ2v) is 3.17. The van der Waals surface area contributed by atoms with Crippen molar-refractivity contribution < 1.29 is 0 Å². The summed E-state index contributed by atoms with van der Waals surface area (Å²) in [6.07, 6.45) is 2.80. The van der Waals surface area contributed by atoms with Gasteiger partial charge in [0.1, 0.15) is 5.54 Å². The molecule has 0 aromatic carbocycles. The molecule has 0 aliphatic heterocycles. The summed E-state index contributed by atoms with van der Waals surface area (Å²) in [7, 11) is 1.95. The third-order valence-electron chi connectivity index (χ3n) is 1.90. The maximum absolute atomic E-state index is 8.75. The van der Waals surface area contributed by atoms with Crippen LogP contribution in [0.25, 0.3) is 0 Å². The van der Waals surface area contributed by atoms with Gasteiger partial charge in [0.05, 0.1) is 6.07 Å². The minimum absolute atomic E-state index is 0.358. The molecule has 11 heavy (non-hydrogen) atoms. The average Bonchev–Trinajstić information content (AvgIpc) is 2.00. The van der Waals surface area contributed by atoms with E-state index in [1.54, 1.807) is 0 Å². The van der Waals surface area contributed by atoms with Crippen molar-refractivity contribution in [3.63, 3.8) is 0 Å². The minimum atomic E-state index is -0.358. The van der Waals surface area contributed by atoms with E-state index >= 15 is 0 Å². The Labute approximate surface area is 69.1 Å². The molecule has 0 unspecified atom stereocenters. The Morgan fingerprint density at radius 3 is 2.55 bits per heavy atom. The SMILES string of the molecule is C=CCCN(C)C(C)(C)C#N. The fourth-order valence-electron chi connectivity index (χ4n) is 0.650. The molecule has 0 radical (unpaired) electrons. The van der Waals surface area contributed by atoms with E-state index in [-0.39, 0.29) is 5.54 Å². The Morgan fingerprint density at radius 1 is 1.64 bits per heavy atom. The van der Waals surface area contributed by atoms with Crippen LogP contribution in [0.15, 0.2) is 12.7 Å². The molecule has 0 saturated heterocycles. The number of nitriles is 1. The van der Waals surface area contributed by atoms with Gasteiger partial charge in [0.2, 0.25) is 0 Å². The third kappa shape index (κ3) is 3.20. The molecule has 0 fully saturated rings. The highest BCUT2D eigenvalue weighted by atomic mass is 15.2. The van der Waals surface area contributed by atoms with E-state index in [2.05, 4.69) is 12.6 Å². The summed E-state index contributed by atoms with van der Waals surface area (Å²) < 4.78 is 0. The zero-order chi connectivity index (χ0) is 8.91. The van der Waals surface area contributed by atoms with Gasteiger partial charge in [-0.1, -0.05) is 6.08 Å². The summed E-state index contributed by atoms with van der Waals surface area (Å²) in [5, 5.41) is 8.75. The molecular weight excluding hydrogens is 136 g/mol. The predicted octanol–water partition coefficient (Wildman–Crippen LogP) is 1.80. The summed E-state index contributed by atoms with van der Waals surface area (Å²) in [5.74, 6) is 0. The lowest BCUT2D eigenvalue weighted by molar-refractivity contribution is 0.215. The first-order valence-corrected chi connectivity index (χ1v) is 3.78. The van der Waals surface area contributed by atoms with Crippen LogP contribution in [0.1, 0.15) is 20.3 Å². The van der Waals surface area contributed by atoms with Gasteiger partial charge in [-0.3, -0.25) is 4.90 Å². The Bertz CT molecular complexity index is 165. The van der Waals surface area contributed by atoms with E-state index in [0.29, 0.717) is 0 Å². The first kappa shape index (κ1) is 10.2. The lowest BCUT2D eigenvalue weighted by Crippen LogP contribution is -2.40. The van der Waals surface area contributed by atoms with Crippen LogP contribution in [-0.4, -0.2) is 24.0 Å². The highest BCUT2D eigenvalue weighted by molar-refractivity contribution is 5.00. The van der Waals surface area contributed by atoms with Crippen LogP contribution >= 0.6 is 0 Å². The molecule has 0 rings (SSSR count). The van der Waals surface area contributed by atoms with E-state index in [0.717, 1.165) is 13.0 Å². The van der Waals surface area contributed by atoms with Crippen LogP contribution < -0.4 is 0 Å². The Morgan fingerprint density at radius 2 is 2.18 bits per heavy atom. The van der Waals surface area contributed by atoms with Crippen LogP contribution in [-0.2, 0) is 0 Å². The van der Waals surface area contributed by atoms with Crippen molar-refractivity contribution in [2.75, 3.05) is 13.6 Å². The fourth-order valence-corrected chi connectivity index (χ4v) is 0.650. The van der Waals surface area contributed by atoms with Crippen LogP contribution in [0.5, 0.6) is 0 Å². The van der Waals surface area contributed by atoms with Crippen molar-refractivity contribution in [1.82, 2.24) is 4.90 Å². The van der Waals surface area contributed by atoms with Gasteiger partial charge >= 0.3 is 0 Å². The van der Waals surface area contributed by atoms with Gasteiger partial charge in [-0.25, -0.2) is 0 Å². The highest BCUT2D eigenvalue weighted by Gasteiger charge is 2.21. The first-order valence-electron chi connectivity index (χ1n) is 3.78. The molecule has 0 amide bonds. The maximum Gasteiger partial charge on any atom is 0.103 e. The molecule has 62 valence electrons. The molecule has 0 aromatic rings. The third-order valence-corrected chi connectivity index (χ3v) is 1.90. The quantitative estimate of drug-likeness (QED) is 0.574. The molecule has 0 aromatic heterocycles. The van der Waals surface area contributed by atoms with Crippen molar-refractivity contribution in [1.29, 1.82) is 5.26 Å².